The van der Waals surface area contributed by atoms with Crippen LogP contribution >= 0.6 is 59.0 Å². The highest BCUT2D eigenvalue weighted by molar-refractivity contribution is 7.82. The van der Waals surface area contributed by atoms with Gasteiger partial charge in [-0.3, -0.25) is 4.79 Å². The second-order valence-electron chi connectivity index (χ2n) is 6.11. The second-order valence-corrected chi connectivity index (χ2v) is 8.48. The van der Waals surface area contributed by atoms with Gasteiger partial charge in [0.25, 0.3) is 0 Å². The molecule has 0 fully saturated rings. The Morgan fingerprint density at radius 1 is 0.852 bits per heavy atom. The number of halogens is 4. The minimum Gasteiger partial charge on any atom is -0.368 e. The minimum atomic E-state index is -1.40. The first kappa shape index (κ1) is 22.6. The molecule has 2 atom stereocenters. The number of carbonyl (C=O) groups excluding carboxylic acids is 1. The van der Waals surface area contributed by atoms with Gasteiger partial charge in [-0.25, -0.2) is 0 Å². The third-order valence-electron chi connectivity index (χ3n) is 4.62. The van der Waals surface area contributed by atoms with Crippen molar-refractivity contribution in [3.63, 3.8) is 0 Å². The zero-order valence-corrected chi connectivity index (χ0v) is 18.1. The summed E-state index contributed by atoms with van der Waals surface area (Å²) in [6.07, 6.45) is 0. The van der Waals surface area contributed by atoms with Gasteiger partial charge in [-0.15, -0.1) is 0 Å². The van der Waals surface area contributed by atoms with Crippen molar-refractivity contribution >= 4 is 64.9 Å². The number of benzene rings is 2. The molecule has 6 N–H and O–H groups in total. The molecule has 9 heteroatoms. The van der Waals surface area contributed by atoms with Crippen LogP contribution in [0.2, 0.25) is 20.1 Å². The lowest BCUT2D eigenvalue weighted by atomic mass is 9.73. The Bertz CT molecular complexity index is 790. The van der Waals surface area contributed by atoms with E-state index in [-0.39, 0.29) is 13.1 Å². The molecule has 0 aliphatic rings. The maximum absolute atomic E-state index is 12.6. The van der Waals surface area contributed by atoms with Crippen LogP contribution in [0.25, 0.3) is 0 Å². The molecule has 4 nitrogen and oxygen atoms in total. The summed E-state index contributed by atoms with van der Waals surface area (Å²) < 4.78 is -1.40. The van der Waals surface area contributed by atoms with E-state index in [9.17, 15) is 4.79 Å². The van der Waals surface area contributed by atoms with E-state index in [4.69, 9.17) is 76.2 Å². The van der Waals surface area contributed by atoms with Gasteiger partial charge in [-0.2, -0.15) is 12.6 Å². The van der Waals surface area contributed by atoms with Crippen molar-refractivity contribution in [3.05, 3.63) is 67.6 Å². The van der Waals surface area contributed by atoms with E-state index in [0.717, 1.165) is 0 Å². The van der Waals surface area contributed by atoms with Gasteiger partial charge in [0.1, 0.15) is 4.75 Å². The van der Waals surface area contributed by atoms with E-state index in [1.165, 1.54) is 0 Å². The smallest absolute Gasteiger partial charge is 0.234 e. The zero-order valence-electron chi connectivity index (χ0n) is 14.1. The van der Waals surface area contributed by atoms with Gasteiger partial charge < -0.3 is 17.2 Å². The number of rotatable bonds is 7. The molecular weight excluding hydrogens is 448 g/mol. The molecule has 0 saturated heterocycles. The molecule has 2 aromatic carbocycles. The lowest BCUT2D eigenvalue weighted by Crippen LogP contribution is -2.52. The number of primary amides is 1. The largest absolute Gasteiger partial charge is 0.368 e. The summed E-state index contributed by atoms with van der Waals surface area (Å²) in [4.78, 5) is 12.6. The molecule has 0 heterocycles. The Morgan fingerprint density at radius 2 is 1.22 bits per heavy atom. The summed E-state index contributed by atoms with van der Waals surface area (Å²) in [6, 6.07) is 10.0. The third kappa shape index (κ3) is 4.51. The fraction of sp³-hybridized carbons (Fsp3) is 0.278. The van der Waals surface area contributed by atoms with Gasteiger partial charge >= 0.3 is 0 Å². The predicted molar refractivity (Wildman–Crippen MR) is 117 cm³/mol. The van der Waals surface area contributed by atoms with Gasteiger partial charge in [-0.1, -0.05) is 58.5 Å². The van der Waals surface area contributed by atoms with Crippen molar-refractivity contribution < 1.29 is 4.79 Å². The first-order valence-electron chi connectivity index (χ1n) is 7.99. The van der Waals surface area contributed by atoms with Crippen molar-refractivity contribution in [2.75, 3.05) is 13.1 Å². The van der Waals surface area contributed by atoms with Gasteiger partial charge in [0.2, 0.25) is 5.91 Å². The van der Waals surface area contributed by atoms with Crippen LogP contribution in [0.3, 0.4) is 0 Å². The van der Waals surface area contributed by atoms with E-state index in [1.807, 2.05) is 0 Å². The van der Waals surface area contributed by atoms with Crippen LogP contribution in [0.15, 0.2) is 36.4 Å². The lowest BCUT2D eigenvalue weighted by Gasteiger charge is -2.40. The summed E-state index contributed by atoms with van der Waals surface area (Å²) in [6.45, 7) is 0.171. The molecule has 0 bridgehead atoms. The summed E-state index contributed by atoms with van der Waals surface area (Å²) in [5.41, 5.74) is 19.2. The van der Waals surface area contributed by atoms with Crippen molar-refractivity contribution in [2.24, 2.45) is 17.2 Å². The van der Waals surface area contributed by atoms with E-state index < -0.39 is 22.5 Å². The molecule has 2 unspecified atom stereocenters. The van der Waals surface area contributed by atoms with E-state index >= 15 is 0 Å². The average molecular weight is 467 g/mol. The number of carbonyl (C=O) groups is 1. The third-order valence-corrected chi connectivity index (χ3v) is 6.94. The highest BCUT2D eigenvalue weighted by Crippen LogP contribution is 2.45. The van der Waals surface area contributed by atoms with Crippen molar-refractivity contribution in [2.45, 2.75) is 16.6 Å². The molecule has 0 aromatic heterocycles. The minimum absolute atomic E-state index is 0.0855. The molecule has 0 aliphatic carbocycles. The maximum Gasteiger partial charge on any atom is 0.234 e. The van der Waals surface area contributed by atoms with Crippen molar-refractivity contribution in [3.8, 4) is 0 Å². The zero-order chi connectivity index (χ0) is 20.4. The molecule has 27 heavy (non-hydrogen) atoms. The monoisotopic (exact) mass is 465 g/mol. The average Bonchev–Trinajstić information content (AvgIpc) is 2.62. The Hall–Kier alpha value is -0.660. The van der Waals surface area contributed by atoms with Crippen LogP contribution in [-0.2, 0) is 4.79 Å². The van der Waals surface area contributed by atoms with Gasteiger partial charge in [-0.05, 0) is 35.4 Å². The normalized spacial score (nSPS) is 15.8. The fourth-order valence-electron chi connectivity index (χ4n) is 3.18. The molecular formula is C18H19Cl4N3OS. The van der Waals surface area contributed by atoms with Crippen LogP contribution in [0.1, 0.15) is 23.0 Å². The predicted octanol–water partition coefficient (Wildman–Crippen LogP) is 4.24. The topological polar surface area (TPSA) is 95.1 Å². The lowest BCUT2D eigenvalue weighted by molar-refractivity contribution is -0.121. The molecule has 1 amide bonds. The number of thiol groups is 1. The number of amides is 1. The Labute approximate surface area is 183 Å². The van der Waals surface area contributed by atoms with Crippen LogP contribution in [-0.4, -0.2) is 23.7 Å². The molecule has 0 radical (unpaired) electrons. The number of nitrogens with two attached hydrogens (primary N) is 3. The van der Waals surface area contributed by atoms with Crippen LogP contribution in [0.4, 0.5) is 0 Å². The molecule has 0 spiro atoms. The number of hydrogen-bond donors (Lipinski definition) is 4. The highest BCUT2D eigenvalue weighted by atomic mass is 35.5. The van der Waals surface area contributed by atoms with Gasteiger partial charge in [0.15, 0.2) is 0 Å². The summed E-state index contributed by atoms with van der Waals surface area (Å²) in [5.74, 6) is -1.80. The van der Waals surface area contributed by atoms with Crippen LogP contribution in [0.5, 0.6) is 0 Å². The Balaban J connectivity index is 2.62. The maximum atomic E-state index is 12.6. The Kier molecular flexibility index (Phi) is 7.73. The molecule has 2 aromatic rings. The molecule has 0 saturated carbocycles. The SMILES string of the molecule is NCC(c1ccc(Cl)c(Cl)c1)C(S)(C(N)=O)C(CN)c1ccc(Cl)c(Cl)c1. The van der Waals surface area contributed by atoms with Crippen LogP contribution < -0.4 is 17.2 Å². The summed E-state index contributed by atoms with van der Waals surface area (Å²) in [7, 11) is 0. The Morgan fingerprint density at radius 3 is 1.48 bits per heavy atom. The van der Waals surface area contributed by atoms with E-state index in [0.29, 0.717) is 31.2 Å². The second kappa shape index (κ2) is 9.23. The van der Waals surface area contributed by atoms with Gasteiger partial charge in [0.05, 0.1) is 20.1 Å². The number of hydrogen-bond acceptors (Lipinski definition) is 4. The fourth-order valence-corrected chi connectivity index (χ4v) is 4.31. The van der Waals surface area contributed by atoms with Crippen LogP contribution in [0, 0.1) is 0 Å². The summed E-state index contributed by atoms with van der Waals surface area (Å²) in [5, 5.41) is 1.46. The first-order chi connectivity index (χ1) is 12.7. The quantitative estimate of drug-likeness (QED) is 0.459. The van der Waals surface area contributed by atoms with Gasteiger partial charge in [0, 0.05) is 24.9 Å². The molecule has 0 aliphatic heterocycles. The summed E-state index contributed by atoms with van der Waals surface area (Å²) >= 11 is 29.0. The van der Waals surface area contributed by atoms with Crippen molar-refractivity contribution in [1.29, 1.82) is 0 Å². The van der Waals surface area contributed by atoms with Crippen molar-refractivity contribution in [1.82, 2.24) is 0 Å². The first-order valence-corrected chi connectivity index (χ1v) is 9.95. The highest BCUT2D eigenvalue weighted by Gasteiger charge is 2.48. The molecule has 146 valence electrons. The van der Waals surface area contributed by atoms with E-state index in [2.05, 4.69) is 0 Å². The van der Waals surface area contributed by atoms with E-state index in [1.54, 1.807) is 36.4 Å². The molecule has 2 rings (SSSR count). The standard InChI is InChI=1S/C18H19Cl4N3OS/c19-13-3-1-9(5-15(13)21)11(7-23)18(27,17(25)26)12(8-24)10-2-4-14(20)16(22)6-10/h1-6,11-12,27H,7-8,23-24H2,(H2,25,26).